The Kier molecular flexibility index (Phi) is 5.70. The Morgan fingerprint density at radius 2 is 1.65 bits per heavy atom. The summed E-state index contributed by atoms with van der Waals surface area (Å²) in [5, 5.41) is 4.77. The van der Waals surface area contributed by atoms with E-state index in [1.54, 1.807) is 0 Å². The molecule has 4 rings (SSSR count). The lowest BCUT2D eigenvalue weighted by Crippen LogP contribution is -2.29. The Morgan fingerprint density at radius 1 is 1.00 bits per heavy atom. The van der Waals surface area contributed by atoms with E-state index in [1.165, 1.54) is 0 Å². The minimum atomic E-state index is -0.0550. The first-order valence-corrected chi connectivity index (χ1v) is 11.4. The molecule has 31 heavy (non-hydrogen) atoms. The minimum absolute atomic E-state index is 0.0550. The van der Waals surface area contributed by atoms with Crippen LogP contribution in [0.3, 0.4) is 0 Å². The van der Waals surface area contributed by atoms with Gasteiger partial charge in [0.15, 0.2) is 0 Å². The van der Waals surface area contributed by atoms with Crippen LogP contribution in [0.2, 0.25) is 10.0 Å². The molecule has 3 nitrogen and oxygen atoms in total. The standard InChI is InChI=1S/C26H28Cl2N2O/c1-15-19(27)8-6-10-21(15)29-24-18-14-17(26(3,4)5)12-13-23(18)30(25(24)31)22-11-7-9-20(28)16(22)2/h6-11,13,17,29H,12,14H2,1-5H3/t17-/m1/s1. The van der Waals surface area contributed by atoms with Crippen molar-refractivity contribution >= 4 is 40.5 Å². The van der Waals surface area contributed by atoms with Crippen LogP contribution < -0.4 is 10.2 Å². The molecule has 1 atom stereocenters. The summed E-state index contributed by atoms with van der Waals surface area (Å²) in [7, 11) is 0. The van der Waals surface area contributed by atoms with Crippen LogP contribution in [0, 0.1) is 25.2 Å². The van der Waals surface area contributed by atoms with Gasteiger partial charge in [-0.3, -0.25) is 9.69 Å². The molecule has 2 aliphatic rings. The lowest BCUT2D eigenvalue weighted by atomic mass is 9.72. The molecule has 1 aliphatic carbocycles. The van der Waals surface area contributed by atoms with Crippen LogP contribution in [-0.2, 0) is 4.79 Å². The van der Waals surface area contributed by atoms with Gasteiger partial charge in [0.1, 0.15) is 5.70 Å². The summed E-state index contributed by atoms with van der Waals surface area (Å²) >= 11 is 12.7. The van der Waals surface area contributed by atoms with Crippen LogP contribution in [-0.4, -0.2) is 5.91 Å². The average Bonchev–Trinajstić information content (AvgIpc) is 2.98. The third kappa shape index (κ3) is 3.90. The number of hydrogen-bond acceptors (Lipinski definition) is 2. The first-order valence-electron chi connectivity index (χ1n) is 10.6. The number of fused-ring (bicyclic) bond motifs is 1. The fourth-order valence-electron chi connectivity index (χ4n) is 4.36. The molecule has 162 valence electrons. The van der Waals surface area contributed by atoms with Crippen LogP contribution in [0.25, 0.3) is 0 Å². The van der Waals surface area contributed by atoms with Gasteiger partial charge in [-0.05, 0) is 73.4 Å². The molecule has 2 aromatic carbocycles. The van der Waals surface area contributed by atoms with E-state index in [0.29, 0.717) is 21.7 Å². The Bertz CT molecular complexity index is 1120. The molecule has 0 fully saturated rings. The summed E-state index contributed by atoms with van der Waals surface area (Å²) < 4.78 is 0. The molecule has 1 heterocycles. The Morgan fingerprint density at radius 3 is 2.32 bits per heavy atom. The third-order valence-electron chi connectivity index (χ3n) is 6.55. The highest BCUT2D eigenvalue weighted by Crippen LogP contribution is 2.47. The highest BCUT2D eigenvalue weighted by molar-refractivity contribution is 6.32. The number of allylic oxidation sites excluding steroid dienone is 2. The molecule has 0 radical (unpaired) electrons. The van der Waals surface area contributed by atoms with E-state index in [2.05, 4.69) is 32.2 Å². The Labute approximate surface area is 194 Å². The van der Waals surface area contributed by atoms with Crippen molar-refractivity contribution in [1.29, 1.82) is 0 Å². The summed E-state index contributed by atoms with van der Waals surface area (Å²) in [5.74, 6) is 0.400. The lowest BCUT2D eigenvalue weighted by Gasteiger charge is -2.35. The van der Waals surface area contributed by atoms with E-state index in [9.17, 15) is 4.79 Å². The molecule has 0 spiro atoms. The van der Waals surface area contributed by atoms with Crippen molar-refractivity contribution in [2.24, 2.45) is 11.3 Å². The average molecular weight is 455 g/mol. The zero-order chi connectivity index (χ0) is 22.5. The molecule has 5 heteroatoms. The van der Waals surface area contributed by atoms with Crippen LogP contribution >= 0.6 is 23.2 Å². The zero-order valence-corrected chi connectivity index (χ0v) is 20.2. The van der Waals surface area contributed by atoms with Crippen molar-refractivity contribution in [2.45, 2.75) is 47.5 Å². The number of nitrogens with zero attached hydrogens (tertiary/aromatic N) is 1. The molecular weight excluding hydrogens is 427 g/mol. The summed E-state index contributed by atoms with van der Waals surface area (Å²) in [5.41, 5.74) is 6.32. The number of halogens is 2. The minimum Gasteiger partial charge on any atom is -0.350 e. The summed E-state index contributed by atoms with van der Waals surface area (Å²) in [6.45, 7) is 10.7. The predicted octanol–water partition coefficient (Wildman–Crippen LogP) is 7.66. The number of hydrogen-bond donors (Lipinski definition) is 1. The number of rotatable bonds is 3. The second-order valence-corrected chi connectivity index (χ2v) is 10.3. The quantitative estimate of drug-likeness (QED) is 0.515. The maximum atomic E-state index is 13.8. The number of anilines is 2. The number of nitrogens with one attached hydrogen (secondary N) is 1. The van der Waals surface area contributed by atoms with E-state index < -0.39 is 0 Å². The molecule has 0 saturated carbocycles. The Hall–Kier alpha value is -2.23. The van der Waals surface area contributed by atoms with Crippen molar-refractivity contribution in [3.63, 3.8) is 0 Å². The molecule has 1 N–H and O–H groups in total. The fraction of sp³-hybridized carbons (Fsp3) is 0.346. The van der Waals surface area contributed by atoms with Gasteiger partial charge in [-0.25, -0.2) is 0 Å². The van der Waals surface area contributed by atoms with Crippen LogP contribution in [0.5, 0.6) is 0 Å². The monoisotopic (exact) mass is 454 g/mol. The fourth-order valence-corrected chi connectivity index (χ4v) is 4.71. The van der Waals surface area contributed by atoms with Crippen LogP contribution in [0.15, 0.2) is 59.4 Å². The second-order valence-electron chi connectivity index (χ2n) is 9.51. The van der Waals surface area contributed by atoms with Gasteiger partial charge in [-0.15, -0.1) is 0 Å². The summed E-state index contributed by atoms with van der Waals surface area (Å²) in [6, 6.07) is 11.4. The van der Waals surface area contributed by atoms with Crippen molar-refractivity contribution in [1.82, 2.24) is 0 Å². The molecule has 0 aromatic heterocycles. The van der Waals surface area contributed by atoms with Gasteiger partial charge in [-0.2, -0.15) is 0 Å². The molecule has 1 aliphatic heterocycles. The van der Waals surface area contributed by atoms with Gasteiger partial charge in [0.25, 0.3) is 5.91 Å². The number of carbonyl (C=O) groups is 1. The lowest BCUT2D eigenvalue weighted by molar-refractivity contribution is -0.114. The number of carbonyl (C=O) groups excluding carboxylic acids is 1. The van der Waals surface area contributed by atoms with E-state index >= 15 is 0 Å². The van der Waals surface area contributed by atoms with Crippen molar-refractivity contribution < 1.29 is 4.79 Å². The maximum absolute atomic E-state index is 13.8. The first kappa shape index (κ1) is 22.0. The normalized spacial score (nSPS) is 18.9. The van der Waals surface area contributed by atoms with Gasteiger partial charge >= 0.3 is 0 Å². The predicted molar refractivity (Wildman–Crippen MR) is 131 cm³/mol. The SMILES string of the molecule is Cc1c(Cl)cccc1NC1=C2C[C@H](C(C)(C)C)CC=C2N(c2cccc(Cl)c2C)C1=O. The van der Waals surface area contributed by atoms with E-state index in [4.69, 9.17) is 23.2 Å². The first-order chi connectivity index (χ1) is 14.6. The van der Waals surface area contributed by atoms with E-state index in [1.807, 2.05) is 55.1 Å². The largest absolute Gasteiger partial charge is 0.350 e. The van der Waals surface area contributed by atoms with Crippen LogP contribution in [0.4, 0.5) is 11.4 Å². The number of benzene rings is 2. The molecule has 0 bridgehead atoms. The zero-order valence-electron chi connectivity index (χ0n) is 18.6. The van der Waals surface area contributed by atoms with E-state index in [-0.39, 0.29) is 11.3 Å². The van der Waals surface area contributed by atoms with Gasteiger partial charge in [0.2, 0.25) is 0 Å². The topological polar surface area (TPSA) is 32.3 Å². The second kappa shape index (κ2) is 8.03. The molecule has 0 unspecified atom stereocenters. The van der Waals surface area contributed by atoms with Crippen molar-refractivity contribution in [3.8, 4) is 0 Å². The summed E-state index contributed by atoms with van der Waals surface area (Å²) in [4.78, 5) is 15.6. The number of amides is 1. The van der Waals surface area contributed by atoms with Gasteiger partial charge in [0, 0.05) is 21.3 Å². The molecular formula is C26H28Cl2N2O. The molecule has 2 aromatic rings. The van der Waals surface area contributed by atoms with E-state index in [0.717, 1.165) is 46.6 Å². The maximum Gasteiger partial charge on any atom is 0.279 e. The Balaban J connectivity index is 1.84. The molecule has 0 saturated heterocycles. The highest BCUT2D eigenvalue weighted by Gasteiger charge is 2.41. The van der Waals surface area contributed by atoms with Gasteiger partial charge < -0.3 is 5.32 Å². The highest BCUT2D eigenvalue weighted by atomic mass is 35.5. The van der Waals surface area contributed by atoms with Crippen molar-refractivity contribution in [3.05, 3.63) is 80.6 Å². The van der Waals surface area contributed by atoms with Crippen LogP contribution in [0.1, 0.15) is 44.7 Å². The third-order valence-corrected chi connectivity index (χ3v) is 7.37. The van der Waals surface area contributed by atoms with Gasteiger partial charge in [-0.1, -0.05) is 62.2 Å². The van der Waals surface area contributed by atoms with Gasteiger partial charge in [0.05, 0.1) is 11.4 Å². The molecule has 1 amide bonds. The smallest absolute Gasteiger partial charge is 0.279 e. The summed E-state index contributed by atoms with van der Waals surface area (Å²) in [6.07, 6.45) is 4.00. The van der Waals surface area contributed by atoms with Crippen molar-refractivity contribution in [2.75, 3.05) is 10.2 Å².